The van der Waals surface area contributed by atoms with Crippen LogP contribution >= 0.6 is 0 Å². The number of rotatable bonds is 2. The standard InChI is InChI=1S/C9H9FO/c1-7-3-2-4-9(10)8(7)5-6-11/h2-4,6H,5H2,1H3. The Kier molecular flexibility index (Phi) is 2.36. The molecule has 1 nitrogen and oxygen atoms in total. The van der Waals surface area contributed by atoms with E-state index in [1.165, 1.54) is 6.07 Å². The van der Waals surface area contributed by atoms with Crippen molar-refractivity contribution < 1.29 is 9.18 Å². The maximum Gasteiger partial charge on any atom is 0.127 e. The van der Waals surface area contributed by atoms with Gasteiger partial charge in [0.15, 0.2) is 0 Å². The zero-order valence-corrected chi connectivity index (χ0v) is 6.30. The van der Waals surface area contributed by atoms with Gasteiger partial charge in [0.2, 0.25) is 0 Å². The van der Waals surface area contributed by atoms with E-state index in [1.807, 2.05) is 0 Å². The van der Waals surface area contributed by atoms with Gasteiger partial charge in [-0.15, -0.1) is 0 Å². The van der Waals surface area contributed by atoms with Crippen molar-refractivity contribution in [1.29, 1.82) is 0 Å². The molecule has 2 heteroatoms. The molecule has 0 fully saturated rings. The van der Waals surface area contributed by atoms with E-state index in [4.69, 9.17) is 0 Å². The van der Waals surface area contributed by atoms with E-state index < -0.39 is 0 Å². The minimum atomic E-state index is -0.294. The summed E-state index contributed by atoms with van der Waals surface area (Å²) in [5.74, 6) is -0.294. The van der Waals surface area contributed by atoms with Crippen molar-refractivity contribution in [3.8, 4) is 0 Å². The van der Waals surface area contributed by atoms with E-state index in [-0.39, 0.29) is 12.2 Å². The van der Waals surface area contributed by atoms with Crippen LogP contribution in [0.25, 0.3) is 0 Å². The molecule has 0 atom stereocenters. The van der Waals surface area contributed by atoms with Crippen LogP contribution < -0.4 is 0 Å². The third-order valence-corrected chi connectivity index (χ3v) is 1.64. The predicted molar refractivity (Wildman–Crippen MR) is 40.9 cm³/mol. The Morgan fingerprint density at radius 2 is 2.27 bits per heavy atom. The first kappa shape index (κ1) is 7.92. The first-order valence-corrected chi connectivity index (χ1v) is 3.43. The molecule has 0 radical (unpaired) electrons. The summed E-state index contributed by atoms with van der Waals surface area (Å²) < 4.78 is 12.9. The maximum atomic E-state index is 12.9. The zero-order valence-electron chi connectivity index (χ0n) is 6.30. The van der Waals surface area contributed by atoms with Gasteiger partial charge in [-0.25, -0.2) is 4.39 Å². The van der Waals surface area contributed by atoms with Gasteiger partial charge in [0.1, 0.15) is 12.1 Å². The normalized spacial score (nSPS) is 9.64. The molecule has 0 bridgehead atoms. The number of halogens is 1. The van der Waals surface area contributed by atoms with Crippen molar-refractivity contribution in [2.45, 2.75) is 13.3 Å². The molecule has 11 heavy (non-hydrogen) atoms. The number of carbonyl (C=O) groups is 1. The second-order valence-corrected chi connectivity index (χ2v) is 2.41. The van der Waals surface area contributed by atoms with Gasteiger partial charge in [0.05, 0.1) is 0 Å². The monoisotopic (exact) mass is 152 g/mol. The van der Waals surface area contributed by atoms with Gasteiger partial charge in [-0.1, -0.05) is 12.1 Å². The molecule has 0 N–H and O–H groups in total. The van der Waals surface area contributed by atoms with Crippen molar-refractivity contribution >= 4 is 6.29 Å². The smallest absolute Gasteiger partial charge is 0.127 e. The fourth-order valence-electron chi connectivity index (χ4n) is 1.01. The molecule has 0 unspecified atom stereocenters. The summed E-state index contributed by atoms with van der Waals surface area (Å²) in [4.78, 5) is 10.1. The van der Waals surface area contributed by atoms with E-state index in [2.05, 4.69) is 0 Å². The van der Waals surface area contributed by atoms with Gasteiger partial charge in [0, 0.05) is 6.42 Å². The third kappa shape index (κ3) is 1.64. The number of carbonyl (C=O) groups excluding carboxylic acids is 1. The molecular formula is C9H9FO. The average Bonchev–Trinajstić information content (AvgIpc) is 1.97. The van der Waals surface area contributed by atoms with Crippen LogP contribution in [0.4, 0.5) is 4.39 Å². The number of aryl methyl sites for hydroxylation is 1. The Balaban J connectivity index is 3.09. The maximum absolute atomic E-state index is 12.9. The summed E-state index contributed by atoms with van der Waals surface area (Å²) in [5.41, 5.74) is 1.33. The molecule has 0 saturated carbocycles. The van der Waals surface area contributed by atoms with E-state index in [0.29, 0.717) is 11.8 Å². The Bertz CT molecular complexity index is 248. The number of aldehydes is 1. The Labute approximate surface area is 64.9 Å². The van der Waals surface area contributed by atoms with Gasteiger partial charge in [-0.3, -0.25) is 0 Å². The highest BCUT2D eigenvalue weighted by molar-refractivity contribution is 5.56. The average molecular weight is 152 g/mol. The van der Waals surface area contributed by atoms with E-state index in [0.717, 1.165) is 5.56 Å². The lowest BCUT2D eigenvalue weighted by Crippen LogP contribution is -1.94. The van der Waals surface area contributed by atoms with Crippen LogP contribution in [-0.4, -0.2) is 6.29 Å². The van der Waals surface area contributed by atoms with Crippen LogP contribution in [0, 0.1) is 12.7 Å². The summed E-state index contributed by atoms with van der Waals surface area (Å²) in [7, 11) is 0. The summed E-state index contributed by atoms with van der Waals surface area (Å²) in [5, 5.41) is 0. The second kappa shape index (κ2) is 3.28. The molecule has 0 aliphatic carbocycles. The minimum Gasteiger partial charge on any atom is -0.303 e. The van der Waals surface area contributed by atoms with E-state index >= 15 is 0 Å². The molecule has 0 amide bonds. The fourth-order valence-corrected chi connectivity index (χ4v) is 1.01. The molecule has 0 aromatic heterocycles. The van der Waals surface area contributed by atoms with Crippen LogP contribution in [0.3, 0.4) is 0 Å². The van der Waals surface area contributed by atoms with Crippen LogP contribution in [0.5, 0.6) is 0 Å². The van der Waals surface area contributed by atoms with Crippen molar-refractivity contribution in [3.63, 3.8) is 0 Å². The zero-order chi connectivity index (χ0) is 8.27. The predicted octanol–water partition coefficient (Wildman–Crippen LogP) is 1.88. The Morgan fingerprint density at radius 1 is 1.55 bits per heavy atom. The lowest BCUT2D eigenvalue weighted by molar-refractivity contribution is -0.107. The SMILES string of the molecule is Cc1cccc(F)c1CC=O. The van der Waals surface area contributed by atoms with Gasteiger partial charge in [-0.05, 0) is 24.1 Å². The summed E-state index contributed by atoms with van der Waals surface area (Å²) >= 11 is 0. The second-order valence-electron chi connectivity index (χ2n) is 2.41. The lowest BCUT2D eigenvalue weighted by Gasteiger charge is -2.01. The molecule has 0 saturated heterocycles. The van der Waals surface area contributed by atoms with E-state index in [9.17, 15) is 9.18 Å². The Morgan fingerprint density at radius 3 is 2.82 bits per heavy atom. The highest BCUT2D eigenvalue weighted by atomic mass is 19.1. The summed E-state index contributed by atoms with van der Waals surface area (Å²) in [6, 6.07) is 4.80. The lowest BCUT2D eigenvalue weighted by atomic mass is 10.1. The minimum absolute atomic E-state index is 0.165. The van der Waals surface area contributed by atoms with Crippen LogP contribution in [0.1, 0.15) is 11.1 Å². The van der Waals surface area contributed by atoms with Gasteiger partial charge >= 0.3 is 0 Å². The fraction of sp³-hybridized carbons (Fsp3) is 0.222. The van der Waals surface area contributed by atoms with E-state index in [1.54, 1.807) is 19.1 Å². The van der Waals surface area contributed by atoms with Crippen LogP contribution in [0.2, 0.25) is 0 Å². The number of hydrogen-bond acceptors (Lipinski definition) is 1. The van der Waals surface area contributed by atoms with Gasteiger partial charge in [0.25, 0.3) is 0 Å². The molecule has 0 spiro atoms. The largest absolute Gasteiger partial charge is 0.303 e. The van der Waals surface area contributed by atoms with Crippen molar-refractivity contribution in [2.24, 2.45) is 0 Å². The summed E-state index contributed by atoms with van der Waals surface area (Å²) in [6.07, 6.45) is 0.879. The topological polar surface area (TPSA) is 17.1 Å². The molecule has 0 heterocycles. The first-order chi connectivity index (χ1) is 5.25. The number of hydrogen-bond donors (Lipinski definition) is 0. The summed E-state index contributed by atoms with van der Waals surface area (Å²) in [6.45, 7) is 1.79. The van der Waals surface area contributed by atoms with Crippen molar-refractivity contribution in [3.05, 3.63) is 35.1 Å². The van der Waals surface area contributed by atoms with Crippen molar-refractivity contribution in [2.75, 3.05) is 0 Å². The highest BCUT2D eigenvalue weighted by Gasteiger charge is 2.02. The van der Waals surface area contributed by atoms with Crippen molar-refractivity contribution in [1.82, 2.24) is 0 Å². The van der Waals surface area contributed by atoms with Gasteiger partial charge < -0.3 is 4.79 Å². The molecule has 1 rings (SSSR count). The molecular weight excluding hydrogens is 143 g/mol. The highest BCUT2D eigenvalue weighted by Crippen LogP contribution is 2.11. The molecule has 0 aliphatic heterocycles. The molecule has 1 aromatic rings. The molecule has 58 valence electrons. The third-order valence-electron chi connectivity index (χ3n) is 1.64. The number of benzene rings is 1. The van der Waals surface area contributed by atoms with Crippen LogP contribution in [-0.2, 0) is 11.2 Å². The van der Waals surface area contributed by atoms with Crippen LogP contribution in [0.15, 0.2) is 18.2 Å². The molecule has 1 aromatic carbocycles. The van der Waals surface area contributed by atoms with Gasteiger partial charge in [-0.2, -0.15) is 0 Å². The first-order valence-electron chi connectivity index (χ1n) is 3.43. The Hall–Kier alpha value is -1.18. The molecule has 0 aliphatic rings. The quantitative estimate of drug-likeness (QED) is 0.591.